The van der Waals surface area contributed by atoms with Gasteiger partial charge >= 0.3 is 0 Å². The predicted octanol–water partition coefficient (Wildman–Crippen LogP) is 7.37. The van der Waals surface area contributed by atoms with E-state index in [1.165, 1.54) is 44.9 Å². The van der Waals surface area contributed by atoms with Crippen molar-refractivity contribution in [3.8, 4) is 0 Å². The van der Waals surface area contributed by atoms with Crippen LogP contribution in [0.4, 0.5) is 8.78 Å². The van der Waals surface area contributed by atoms with Crippen LogP contribution < -0.4 is 0 Å². The summed E-state index contributed by atoms with van der Waals surface area (Å²) in [5.41, 5.74) is -0.759. The zero-order valence-corrected chi connectivity index (χ0v) is 14.5. The maximum absolute atomic E-state index is 13.6. The highest BCUT2D eigenvalue weighted by Crippen LogP contribution is 2.65. The van der Waals surface area contributed by atoms with Crippen molar-refractivity contribution in [2.45, 2.75) is 111 Å². The molecule has 126 valence electrons. The van der Waals surface area contributed by atoms with Crippen molar-refractivity contribution in [2.75, 3.05) is 0 Å². The van der Waals surface area contributed by atoms with Crippen LogP contribution in [0.2, 0.25) is 0 Å². The summed E-state index contributed by atoms with van der Waals surface area (Å²) in [6.45, 7) is 6.58. The molecule has 0 aliphatic heterocycles. The predicted molar refractivity (Wildman–Crippen MR) is 87.9 cm³/mol. The zero-order valence-electron chi connectivity index (χ0n) is 14.5. The molecule has 0 amide bonds. The van der Waals surface area contributed by atoms with Gasteiger partial charge in [-0.2, -0.15) is 0 Å². The van der Waals surface area contributed by atoms with Crippen LogP contribution in [0.15, 0.2) is 0 Å². The Morgan fingerprint density at radius 1 is 0.810 bits per heavy atom. The van der Waals surface area contributed by atoms with Crippen molar-refractivity contribution in [3.63, 3.8) is 0 Å². The van der Waals surface area contributed by atoms with Gasteiger partial charge in [0.15, 0.2) is 0 Å². The van der Waals surface area contributed by atoms with E-state index in [-0.39, 0.29) is 5.41 Å². The van der Waals surface area contributed by atoms with Gasteiger partial charge < -0.3 is 0 Å². The lowest BCUT2D eigenvalue weighted by Crippen LogP contribution is -2.34. The SMILES string of the molecule is CCCCCCCC(C)(CCCCCC)C1(C(F)F)CC1. The van der Waals surface area contributed by atoms with Gasteiger partial charge in [-0.3, -0.25) is 0 Å². The fraction of sp³-hybridized carbons (Fsp3) is 1.00. The minimum atomic E-state index is -2.12. The molecule has 0 nitrogen and oxygen atoms in total. The van der Waals surface area contributed by atoms with Gasteiger partial charge in [-0.1, -0.05) is 78.6 Å². The molecule has 2 heteroatoms. The Kier molecular flexibility index (Phi) is 8.19. The normalized spacial score (nSPS) is 19.7. The summed E-state index contributed by atoms with van der Waals surface area (Å²) < 4.78 is 27.2. The summed E-state index contributed by atoms with van der Waals surface area (Å²) in [6.07, 6.45) is 12.4. The molecule has 0 saturated heterocycles. The summed E-state index contributed by atoms with van der Waals surface area (Å²) in [5, 5.41) is 0. The van der Waals surface area contributed by atoms with Crippen molar-refractivity contribution >= 4 is 0 Å². The molecule has 1 aliphatic carbocycles. The van der Waals surface area contributed by atoms with Crippen LogP contribution in [0.5, 0.6) is 0 Å². The molecule has 0 spiro atoms. The molecule has 1 atom stereocenters. The molecule has 0 aromatic heterocycles. The maximum Gasteiger partial charge on any atom is 0.244 e. The van der Waals surface area contributed by atoms with Gasteiger partial charge in [0.25, 0.3) is 0 Å². The van der Waals surface area contributed by atoms with Crippen LogP contribution in [-0.2, 0) is 0 Å². The zero-order chi connectivity index (χ0) is 15.8. The fourth-order valence-corrected chi connectivity index (χ4v) is 3.90. The Balaban J connectivity index is 2.49. The molecular formula is C19H36F2. The summed E-state index contributed by atoms with van der Waals surface area (Å²) in [7, 11) is 0. The van der Waals surface area contributed by atoms with Crippen LogP contribution in [0, 0.1) is 10.8 Å². The summed E-state index contributed by atoms with van der Waals surface area (Å²) >= 11 is 0. The molecule has 1 rings (SSSR count). The van der Waals surface area contributed by atoms with E-state index in [0.29, 0.717) is 0 Å². The summed E-state index contributed by atoms with van der Waals surface area (Å²) in [4.78, 5) is 0. The minimum absolute atomic E-state index is 0.124. The highest BCUT2D eigenvalue weighted by Gasteiger charge is 2.61. The number of hydrogen-bond acceptors (Lipinski definition) is 0. The van der Waals surface area contributed by atoms with E-state index in [2.05, 4.69) is 20.8 Å². The molecule has 1 unspecified atom stereocenters. The number of halogens is 2. The molecule has 0 aromatic rings. The third-order valence-corrected chi connectivity index (χ3v) is 5.82. The first-order valence-corrected chi connectivity index (χ1v) is 9.30. The van der Waals surface area contributed by atoms with Gasteiger partial charge in [0.2, 0.25) is 6.43 Å². The van der Waals surface area contributed by atoms with E-state index in [9.17, 15) is 8.78 Å². The smallest absolute Gasteiger partial charge is 0.210 e. The number of rotatable bonds is 13. The largest absolute Gasteiger partial charge is 0.244 e. The third kappa shape index (κ3) is 5.21. The van der Waals surface area contributed by atoms with E-state index in [1.807, 2.05) is 0 Å². The Hall–Kier alpha value is -0.140. The molecule has 21 heavy (non-hydrogen) atoms. The van der Waals surface area contributed by atoms with Crippen molar-refractivity contribution in [1.82, 2.24) is 0 Å². The van der Waals surface area contributed by atoms with E-state index in [1.54, 1.807) is 0 Å². The summed E-state index contributed by atoms with van der Waals surface area (Å²) in [5.74, 6) is 0. The first kappa shape index (κ1) is 18.9. The lowest BCUT2D eigenvalue weighted by atomic mass is 9.67. The van der Waals surface area contributed by atoms with Crippen molar-refractivity contribution in [1.29, 1.82) is 0 Å². The second-order valence-electron chi connectivity index (χ2n) is 7.49. The van der Waals surface area contributed by atoms with Gasteiger partial charge in [-0.25, -0.2) is 8.78 Å². The van der Waals surface area contributed by atoms with Gasteiger partial charge in [0.1, 0.15) is 0 Å². The van der Waals surface area contributed by atoms with Crippen LogP contribution in [0.3, 0.4) is 0 Å². The first-order valence-electron chi connectivity index (χ1n) is 9.30. The summed E-state index contributed by atoms with van der Waals surface area (Å²) in [6, 6.07) is 0. The topological polar surface area (TPSA) is 0 Å². The molecule has 1 fully saturated rings. The van der Waals surface area contributed by atoms with E-state index in [4.69, 9.17) is 0 Å². The van der Waals surface area contributed by atoms with Gasteiger partial charge in [0.05, 0.1) is 0 Å². The van der Waals surface area contributed by atoms with E-state index >= 15 is 0 Å². The second kappa shape index (κ2) is 9.10. The van der Waals surface area contributed by atoms with Crippen molar-refractivity contribution in [2.24, 2.45) is 10.8 Å². The van der Waals surface area contributed by atoms with Crippen molar-refractivity contribution in [3.05, 3.63) is 0 Å². The second-order valence-corrected chi connectivity index (χ2v) is 7.49. The Labute approximate surface area is 131 Å². The number of alkyl halides is 2. The monoisotopic (exact) mass is 302 g/mol. The molecule has 0 N–H and O–H groups in total. The Morgan fingerprint density at radius 2 is 1.24 bits per heavy atom. The number of unbranched alkanes of at least 4 members (excludes halogenated alkanes) is 7. The van der Waals surface area contributed by atoms with Crippen LogP contribution in [0.1, 0.15) is 104 Å². The molecule has 0 aromatic carbocycles. The number of hydrogen-bond donors (Lipinski definition) is 0. The quantitative estimate of drug-likeness (QED) is 0.311. The molecule has 0 heterocycles. The average molecular weight is 302 g/mol. The minimum Gasteiger partial charge on any atom is -0.210 e. The molecule has 1 aliphatic rings. The van der Waals surface area contributed by atoms with Crippen LogP contribution in [-0.4, -0.2) is 6.43 Å². The molecule has 0 bridgehead atoms. The molecule has 0 radical (unpaired) electrons. The van der Waals surface area contributed by atoms with Crippen LogP contribution >= 0.6 is 0 Å². The highest BCUT2D eigenvalue weighted by molar-refractivity contribution is 5.06. The standard InChI is InChI=1S/C19H36F2/c1-4-6-8-10-12-14-18(3,13-11-9-7-5-2)19(15-16-19)17(20)21/h17H,4-16H2,1-3H3. The van der Waals surface area contributed by atoms with E-state index in [0.717, 1.165) is 38.5 Å². The Morgan fingerprint density at radius 3 is 1.62 bits per heavy atom. The van der Waals surface area contributed by atoms with Gasteiger partial charge in [-0.05, 0) is 31.1 Å². The maximum atomic E-state index is 13.6. The van der Waals surface area contributed by atoms with Crippen molar-refractivity contribution < 1.29 is 8.78 Å². The van der Waals surface area contributed by atoms with E-state index < -0.39 is 11.8 Å². The van der Waals surface area contributed by atoms with Crippen LogP contribution in [0.25, 0.3) is 0 Å². The molecule has 1 saturated carbocycles. The Bertz CT molecular complexity index is 271. The average Bonchev–Trinajstić information content (AvgIpc) is 3.25. The first-order chi connectivity index (χ1) is 10.0. The van der Waals surface area contributed by atoms with Gasteiger partial charge in [-0.15, -0.1) is 0 Å². The molecular weight excluding hydrogens is 266 g/mol. The lowest BCUT2D eigenvalue weighted by Gasteiger charge is -2.38. The fourth-order valence-electron chi connectivity index (χ4n) is 3.90. The lowest BCUT2D eigenvalue weighted by molar-refractivity contribution is -0.0319. The van der Waals surface area contributed by atoms with Gasteiger partial charge in [0, 0.05) is 5.41 Å². The third-order valence-electron chi connectivity index (χ3n) is 5.82. The highest BCUT2D eigenvalue weighted by atomic mass is 19.3.